The number of carbonyl (C=O) groups is 2. The van der Waals surface area contributed by atoms with Crippen molar-refractivity contribution in [1.29, 1.82) is 0 Å². The Hall–Kier alpha value is -3.32. The second-order valence-electron chi connectivity index (χ2n) is 6.41. The Morgan fingerprint density at radius 1 is 0.933 bits per heavy atom. The largest absolute Gasteiger partial charge is 0.455 e. The van der Waals surface area contributed by atoms with E-state index in [0.717, 1.165) is 0 Å². The molecule has 154 valence electrons. The van der Waals surface area contributed by atoms with Crippen LogP contribution in [0.15, 0.2) is 78.9 Å². The number of amides is 2. The van der Waals surface area contributed by atoms with Crippen LogP contribution in [0.1, 0.15) is 6.92 Å². The predicted octanol–water partition coefficient (Wildman–Crippen LogP) is 5.32. The number of benzene rings is 3. The van der Waals surface area contributed by atoms with E-state index in [2.05, 4.69) is 10.6 Å². The van der Waals surface area contributed by atoms with Gasteiger partial charge in [-0.2, -0.15) is 0 Å². The van der Waals surface area contributed by atoms with Crippen molar-refractivity contribution in [3.63, 3.8) is 0 Å². The molecule has 0 bridgehead atoms. The van der Waals surface area contributed by atoms with Gasteiger partial charge in [0.05, 0.1) is 16.7 Å². The van der Waals surface area contributed by atoms with Crippen LogP contribution in [0.2, 0.25) is 0 Å². The molecule has 0 spiro atoms. The van der Waals surface area contributed by atoms with E-state index >= 15 is 0 Å². The Labute approximate surface area is 178 Å². The quantitative estimate of drug-likeness (QED) is 0.514. The molecule has 0 aliphatic carbocycles. The fourth-order valence-corrected chi connectivity index (χ4v) is 3.20. The van der Waals surface area contributed by atoms with Gasteiger partial charge < -0.3 is 15.4 Å². The third kappa shape index (κ3) is 6.35. The van der Waals surface area contributed by atoms with Gasteiger partial charge in [0.2, 0.25) is 11.8 Å². The van der Waals surface area contributed by atoms with Crippen molar-refractivity contribution in [3.05, 3.63) is 84.7 Å². The van der Waals surface area contributed by atoms with Gasteiger partial charge in [0.25, 0.3) is 0 Å². The van der Waals surface area contributed by atoms with Crippen LogP contribution < -0.4 is 15.4 Å². The molecule has 2 N–H and O–H groups in total. The topological polar surface area (TPSA) is 67.4 Å². The van der Waals surface area contributed by atoms with E-state index in [1.54, 1.807) is 25.1 Å². The van der Waals surface area contributed by atoms with E-state index in [4.69, 9.17) is 4.74 Å². The zero-order chi connectivity index (χ0) is 21.3. The molecule has 3 aromatic rings. The number of rotatable bonds is 8. The second kappa shape index (κ2) is 10.5. The highest BCUT2D eigenvalue weighted by Gasteiger charge is 2.17. The molecule has 1 atom stereocenters. The van der Waals surface area contributed by atoms with Gasteiger partial charge in [-0.1, -0.05) is 30.3 Å². The lowest BCUT2D eigenvalue weighted by Crippen LogP contribution is -2.25. The standard InChI is InChI=1S/C23H21FN2O3S/c1-16(30-15-22(27)25-18-13-11-17(24)12-14-18)23(28)26-20-9-5-6-10-21(20)29-19-7-3-2-4-8-19/h2-14,16H,15H2,1H3,(H,25,27)(H,26,28). The average Bonchev–Trinajstić information content (AvgIpc) is 2.75. The summed E-state index contributed by atoms with van der Waals surface area (Å²) in [5.41, 5.74) is 1.06. The molecule has 0 heterocycles. The number of para-hydroxylation sites is 3. The molecule has 0 aromatic heterocycles. The summed E-state index contributed by atoms with van der Waals surface area (Å²) in [5, 5.41) is 5.06. The van der Waals surface area contributed by atoms with Crippen LogP contribution in [0.4, 0.5) is 15.8 Å². The van der Waals surface area contributed by atoms with E-state index in [9.17, 15) is 14.0 Å². The summed E-state index contributed by atoms with van der Waals surface area (Å²) < 4.78 is 18.8. The molecule has 7 heteroatoms. The third-order valence-electron chi connectivity index (χ3n) is 4.08. The summed E-state index contributed by atoms with van der Waals surface area (Å²) in [6, 6.07) is 22.0. The Kier molecular flexibility index (Phi) is 7.45. The van der Waals surface area contributed by atoms with Crippen LogP contribution in [-0.2, 0) is 9.59 Å². The highest BCUT2D eigenvalue weighted by Crippen LogP contribution is 2.29. The smallest absolute Gasteiger partial charge is 0.237 e. The number of halogens is 1. The van der Waals surface area contributed by atoms with Crippen molar-refractivity contribution < 1.29 is 18.7 Å². The number of ether oxygens (including phenoxy) is 1. The maximum atomic E-state index is 12.9. The predicted molar refractivity (Wildman–Crippen MR) is 119 cm³/mol. The molecular formula is C23H21FN2O3S. The lowest BCUT2D eigenvalue weighted by atomic mass is 10.2. The van der Waals surface area contributed by atoms with Crippen molar-refractivity contribution >= 4 is 35.0 Å². The minimum absolute atomic E-state index is 0.0914. The van der Waals surface area contributed by atoms with Gasteiger partial charge >= 0.3 is 0 Å². The molecule has 0 saturated carbocycles. The summed E-state index contributed by atoms with van der Waals surface area (Å²) in [6.45, 7) is 1.73. The highest BCUT2D eigenvalue weighted by atomic mass is 32.2. The monoisotopic (exact) mass is 424 g/mol. The Morgan fingerprint density at radius 2 is 1.60 bits per heavy atom. The normalized spacial score (nSPS) is 11.4. The van der Waals surface area contributed by atoms with Crippen LogP contribution in [0, 0.1) is 5.82 Å². The van der Waals surface area contributed by atoms with Crippen LogP contribution >= 0.6 is 11.8 Å². The molecule has 3 rings (SSSR count). The Morgan fingerprint density at radius 3 is 2.33 bits per heavy atom. The van der Waals surface area contributed by atoms with E-state index in [1.807, 2.05) is 36.4 Å². The molecule has 0 fully saturated rings. The minimum Gasteiger partial charge on any atom is -0.455 e. The van der Waals surface area contributed by atoms with Gasteiger partial charge in [-0.05, 0) is 55.5 Å². The van der Waals surface area contributed by atoms with Crippen molar-refractivity contribution in [2.24, 2.45) is 0 Å². The van der Waals surface area contributed by atoms with Gasteiger partial charge in [-0.3, -0.25) is 9.59 Å². The van der Waals surface area contributed by atoms with Gasteiger partial charge in [-0.15, -0.1) is 11.8 Å². The molecule has 0 saturated heterocycles. The number of anilines is 2. The molecule has 3 aromatic carbocycles. The number of thioether (sulfide) groups is 1. The van der Waals surface area contributed by atoms with Gasteiger partial charge in [0.15, 0.2) is 5.75 Å². The highest BCUT2D eigenvalue weighted by molar-refractivity contribution is 8.01. The molecule has 1 unspecified atom stereocenters. The lowest BCUT2D eigenvalue weighted by Gasteiger charge is -2.15. The zero-order valence-corrected chi connectivity index (χ0v) is 17.1. The number of hydrogen-bond acceptors (Lipinski definition) is 4. The molecule has 5 nitrogen and oxygen atoms in total. The summed E-state index contributed by atoms with van der Waals surface area (Å²) >= 11 is 1.21. The summed E-state index contributed by atoms with van der Waals surface area (Å²) in [7, 11) is 0. The third-order valence-corrected chi connectivity index (χ3v) is 5.22. The molecule has 2 amide bonds. The first kappa shape index (κ1) is 21.4. The van der Waals surface area contributed by atoms with E-state index < -0.39 is 5.25 Å². The van der Waals surface area contributed by atoms with Crippen LogP contribution in [0.5, 0.6) is 11.5 Å². The second-order valence-corrected chi connectivity index (χ2v) is 7.74. The van der Waals surface area contributed by atoms with Crippen LogP contribution in [-0.4, -0.2) is 22.8 Å². The van der Waals surface area contributed by atoms with Crippen molar-refractivity contribution in [3.8, 4) is 11.5 Å². The van der Waals surface area contributed by atoms with Crippen molar-refractivity contribution in [2.75, 3.05) is 16.4 Å². The van der Waals surface area contributed by atoms with E-state index in [0.29, 0.717) is 22.9 Å². The minimum atomic E-state index is -0.464. The van der Waals surface area contributed by atoms with Gasteiger partial charge in [0.1, 0.15) is 11.6 Å². The summed E-state index contributed by atoms with van der Waals surface area (Å²) in [5.74, 6) is 0.415. The van der Waals surface area contributed by atoms with Gasteiger partial charge in [-0.25, -0.2) is 4.39 Å². The molecule has 30 heavy (non-hydrogen) atoms. The maximum absolute atomic E-state index is 12.9. The SMILES string of the molecule is CC(SCC(=O)Nc1ccc(F)cc1)C(=O)Nc1ccccc1Oc1ccccc1. The number of carbonyl (C=O) groups excluding carboxylic acids is 2. The van der Waals surface area contributed by atoms with E-state index in [-0.39, 0.29) is 23.4 Å². The fourth-order valence-electron chi connectivity index (χ4n) is 2.52. The molecular weight excluding hydrogens is 403 g/mol. The maximum Gasteiger partial charge on any atom is 0.237 e. The van der Waals surface area contributed by atoms with Gasteiger partial charge in [0, 0.05) is 5.69 Å². The molecule has 0 aliphatic heterocycles. The summed E-state index contributed by atoms with van der Waals surface area (Å²) in [6.07, 6.45) is 0. The number of nitrogens with one attached hydrogen (secondary N) is 2. The first-order valence-electron chi connectivity index (χ1n) is 9.31. The first-order valence-corrected chi connectivity index (χ1v) is 10.4. The fraction of sp³-hybridized carbons (Fsp3) is 0.130. The Balaban J connectivity index is 1.53. The first-order chi connectivity index (χ1) is 14.5. The van der Waals surface area contributed by atoms with Crippen molar-refractivity contribution in [2.45, 2.75) is 12.2 Å². The summed E-state index contributed by atoms with van der Waals surface area (Å²) in [4.78, 5) is 24.6. The lowest BCUT2D eigenvalue weighted by molar-refractivity contribution is -0.115. The van der Waals surface area contributed by atoms with Crippen molar-refractivity contribution in [1.82, 2.24) is 0 Å². The number of hydrogen-bond donors (Lipinski definition) is 2. The van der Waals surface area contributed by atoms with E-state index in [1.165, 1.54) is 36.0 Å². The Bertz CT molecular complexity index is 997. The zero-order valence-electron chi connectivity index (χ0n) is 16.3. The molecule has 0 aliphatic rings. The van der Waals surface area contributed by atoms with Crippen LogP contribution in [0.3, 0.4) is 0 Å². The van der Waals surface area contributed by atoms with Crippen LogP contribution in [0.25, 0.3) is 0 Å². The average molecular weight is 424 g/mol. The molecule has 0 radical (unpaired) electrons.